The van der Waals surface area contributed by atoms with E-state index in [1.54, 1.807) is 0 Å². The Morgan fingerprint density at radius 2 is 2.00 bits per heavy atom. The first-order valence-corrected chi connectivity index (χ1v) is 10.9. The molecule has 4 rings (SSSR count). The SMILES string of the molecule is O=C(C1=CC=CC(CCc2cccc3c#cccc23)C=C1)/C1=C\CCCCCC1. The molecule has 0 spiro atoms. The fourth-order valence-corrected chi connectivity index (χ4v) is 4.28. The first kappa shape index (κ1) is 19.5. The summed E-state index contributed by atoms with van der Waals surface area (Å²) in [4.78, 5) is 13.0. The minimum absolute atomic E-state index is 0.217. The molecule has 0 aromatic heterocycles. The van der Waals surface area contributed by atoms with E-state index in [0.717, 1.165) is 48.6 Å². The van der Waals surface area contributed by atoms with Crippen LogP contribution in [0, 0.1) is 18.1 Å². The summed E-state index contributed by atoms with van der Waals surface area (Å²) in [6.45, 7) is 0. The van der Waals surface area contributed by atoms with Crippen molar-refractivity contribution in [3.8, 4) is 0 Å². The Morgan fingerprint density at radius 1 is 1.07 bits per heavy atom. The van der Waals surface area contributed by atoms with Gasteiger partial charge in [-0.05, 0) is 79.2 Å². The number of hydrogen-bond acceptors (Lipinski definition) is 1. The number of ketones is 1. The molecular weight excluding hydrogens is 352 g/mol. The number of Topliss-reactive ketones (excluding diaryl/α,β-unsaturated/α-hetero) is 1. The Balaban J connectivity index is 1.41. The molecule has 0 amide bonds. The Morgan fingerprint density at radius 3 is 2.97 bits per heavy atom. The predicted molar refractivity (Wildman–Crippen MR) is 121 cm³/mol. The number of benzene rings is 1. The Labute approximate surface area is 174 Å². The van der Waals surface area contributed by atoms with E-state index in [4.69, 9.17) is 0 Å². The molecule has 0 fully saturated rings. The third kappa shape index (κ3) is 4.96. The minimum Gasteiger partial charge on any atom is -0.289 e. The van der Waals surface area contributed by atoms with E-state index in [1.807, 2.05) is 18.2 Å². The van der Waals surface area contributed by atoms with Gasteiger partial charge in [-0.15, -0.1) is 0 Å². The molecule has 0 saturated carbocycles. The molecule has 0 aliphatic heterocycles. The Hall–Kier alpha value is -2.85. The van der Waals surface area contributed by atoms with Crippen LogP contribution in [0.5, 0.6) is 0 Å². The van der Waals surface area contributed by atoms with Crippen molar-refractivity contribution in [1.29, 1.82) is 0 Å². The number of rotatable bonds is 5. The van der Waals surface area contributed by atoms with E-state index in [2.05, 4.69) is 60.7 Å². The molecule has 1 atom stereocenters. The number of carbonyl (C=O) groups is 1. The number of allylic oxidation sites excluding steroid dienone is 8. The van der Waals surface area contributed by atoms with E-state index < -0.39 is 0 Å². The molecule has 0 N–H and O–H groups in total. The summed E-state index contributed by atoms with van der Waals surface area (Å²) in [5, 5.41) is 2.39. The van der Waals surface area contributed by atoms with E-state index in [-0.39, 0.29) is 5.78 Å². The standard InChI is InChI=1S/C28H28O/c29-28(25-12-4-2-1-3-5-13-25)26-16-8-10-22(19-21-26)18-20-24-15-9-14-23-11-6-7-17-27(23)24/h7-10,12,14-17,19,21-22H,1-5,13,18,20H2/b25-12-. The highest BCUT2D eigenvalue weighted by Crippen LogP contribution is 2.24. The van der Waals surface area contributed by atoms with Crippen LogP contribution in [0.2, 0.25) is 0 Å². The van der Waals surface area contributed by atoms with Gasteiger partial charge in [0.15, 0.2) is 5.78 Å². The van der Waals surface area contributed by atoms with Crippen LogP contribution >= 0.6 is 0 Å². The summed E-state index contributed by atoms with van der Waals surface area (Å²) >= 11 is 0. The first-order chi connectivity index (χ1) is 14.3. The monoisotopic (exact) mass is 380 g/mol. The minimum atomic E-state index is 0.217. The number of hydrogen-bond donors (Lipinski definition) is 0. The molecule has 2 aromatic rings. The largest absolute Gasteiger partial charge is 0.289 e. The molecule has 29 heavy (non-hydrogen) atoms. The Bertz CT molecular complexity index is 981. The van der Waals surface area contributed by atoms with Crippen molar-refractivity contribution in [3.05, 3.63) is 95.6 Å². The fourth-order valence-electron chi connectivity index (χ4n) is 4.28. The van der Waals surface area contributed by atoms with Gasteiger partial charge in [0.05, 0.1) is 0 Å². The van der Waals surface area contributed by atoms with Crippen LogP contribution in [-0.4, -0.2) is 5.78 Å². The molecule has 0 radical (unpaired) electrons. The zero-order valence-electron chi connectivity index (χ0n) is 17.0. The first-order valence-electron chi connectivity index (χ1n) is 10.9. The molecule has 2 aliphatic carbocycles. The number of carbonyl (C=O) groups excluding carboxylic acids is 1. The second kappa shape index (κ2) is 9.57. The smallest absolute Gasteiger partial charge is 0.188 e. The van der Waals surface area contributed by atoms with Gasteiger partial charge in [0, 0.05) is 11.0 Å². The lowest BCUT2D eigenvalue weighted by Crippen LogP contribution is -2.06. The van der Waals surface area contributed by atoms with E-state index >= 15 is 0 Å². The van der Waals surface area contributed by atoms with Crippen molar-refractivity contribution in [1.82, 2.24) is 0 Å². The van der Waals surface area contributed by atoms with Gasteiger partial charge >= 0.3 is 0 Å². The molecule has 0 bridgehead atoms. The van der Waals surface area contributed by atoms with Crippen LogP contribution in [-0.2, 0) is 11.2 Å². The van der Waals surface area contributed by atoms with Crippen molar-refractivity contribution < 1.29 is 4.79 Å². The highest BCUT2D eigenvalue weighted by Gasteiger charge is 2.15. The van der Waals surface area contributed by atoms with Crippen LogP contribution < -0.4 is 0 Å². The average molecular weight is 381 g/mol. The summed E-state index contributed by atoms with van der Waals surface area (Å²) < 4.78 is 0. The van der Waals surface area contributed by atoms with E-state index in [0.29, 0.717) is 5.92 Å². The van der Waals surface area contributed by atoms with Gasteiger partial charge in [-0.2, -0.15) is 0 Å². The van der Waals surface area contributed by atoms with Crippen LogP contribution in [0.1, 0.15) is 50.5 Å². The molecule has 0 saturated heterocycles. The molecule has 0 heterocycles. The highest BCUT2D eigenvalue weighted by molar-refractivity contribution is 6.10. The van der Waals surface area contributed by atoms with Crippen molar-refractivity contribution in [2.45, 2.75) is 51.4 Å². The van der Waals surface area contributed by atoms with Gasteiger partial charge in [0.2, 0.25) is 0 Å². The van der Waals surface area contributed by atoms with Crippen molar-refractivity contribution >= 4 is 16.6 Å². The number of aryl methyl sites for hydroxylation is 1. The van der Waals surface area contributed by atoms with E-state index in [9.17, 15) is 4.79 Å². The second-order valence-electron chi connectivity index (χ2n) is 8.06. The zero-order chi connectivity index (χ0) is 19.9. The van der Waals surface area contributed by atoms with Crippen LogP contribution in [0.25, 0.3) is 10.8 Å². The molecule has 146 valence electrons. The van der Waals surface area contributed by atoms with Crippen LogP contribution in [0.4, 0.5) is 0 Å². The van der Waals surface area contributed by atoms with Gasteiger partial charge < -0.3 is 0 Å². The highest BCUT2D eigenvalue weighted by atomic mass is 16.1. The zero-order valence-corrected chi connectivity index (χ0v) is 17.0. The molecule has 1 heteroatoms. The maximum atomic E-state index is 13.0. The lowest BCUT2D eigenvalue weighted by atomic mass is 9.93. The van der Waals surface area contributed by atoms with Crippen molar-refractivity contribution in [3.63, 3.8) is 0 Å². The number of fused-ring (bicyclic) bond motifs is 1. The van der Waals surface area contributed by atoms with Gasteiger partial charge in [-0.3, -0.25) is 4.79 Å². The molecule has 1 unspecified atom stereocenters. The second-order valence-corrected chi connectivity index (χ2v) is 8.06. The fraction of sp³-hybridized carbons (Fsp3) is 0.321. The topological polar surface area (TPSA) is 17.1 Å². The summed E-state index contributed by atoms with van der Waals surface area (Å²) in [7, 11) is 0. The van der Waals surface area contributed by atoms with Gasteiger partial charge in [-0.25, -0.2) is 0 Å². The lowest BCUT2D eigenvalue weighted by molar-refractivity contribution is -0.112. The third-order valence-corrected chi connectivity index (χ3v) is 5.99. The molecule has 2 aromatic carbocycles. The van der Waals surface area contributed by atoms with Gasteiger partial charge in [0.25, 0.3) is 0 Å². The molecule has 2 aliphatic rings. The maximum absolute atomic E-state index is 13.0. The van der Waals surface area contributed by atoms with Gasteiger partial charge in [-0.1, -0.05) is 73.6 Å². The normalized spacial score (nSPS) is 21.3. The summed E-state index contributed by atoms with van der Waals surface area (Å²) in [6, 6.07) is 16.7. The Kier molecular flexibility index (Phi) is 6.42. The predicted octanol–water partition coefficient (Wildman–Crippen LogP) is 6.89. The molecule has 1 nitrogen and oxygen atoms in total. The summed E-state index contributed by atoms with van der Waals surface area (Å²) in [5.74, 6) is 0.562. The lowest BCUT2D eigenvalue weighted by Gasteiger charge is -2.11. The molecular formula is C28H28O. The van der Waals surface area contributed by atoms with Crippen LogP contribution in [0.3, 0.4) is 0 Å². The van der Waals surface area contributed by atoms with Crippen molar-refractivity contribution in [2.24, 2.45) is 5.92 Å². The maximum Gasteiger partial charge on any atom is 0.188 e. The van der Waals surface area contributed by atoms with E-state index in [1.165, 1.54) is 30.2 Å². The average Bonchev–Trinajstić information content (AvgIpc) is 2.97. The summed E-state index contributed by atoms with van der Waals surface area (Å²) in [5.41, 5.74) is 3.19. The third-order valence-electron chi connectivity index (χ3n) is 5.99. The quantitative estimate of drug-likeness (QED) is 0.552. The van der Waals surface area contributed by atoms with Crippen LogP contribution in [0.15, 0.2) is 77.9 Å². The van der Waals surface area contributed by atoms with Gasteiger partial charge in [0.1, 0.15) is 0 Å². The van der Waals surface area contributed by atoms with Crippen molar-refractivity contribution in [2.75, 3.05) is 0 Å². The summed E-state index contributed by atoms with van der Waals surface area (Å²) in [6.07, 6.45) is 21.5.